The van der Waals surface area contributed by atoms with Crippen LogP contribution in [0.1, 0.15) is 31.4 Å². The molecule has 1 aliphatic rings. The Kier molecular flexibility index (Phi) is 3.81. The third-order valence-corrected chi connectivity index (χ3v) is 3.79. The molecule has 1 fully saturated rings. The summed E-state index contributed by atoms with van der Waals surface area (Å²) in [5.41, 5.74) is 1.75. The molecule has 0 saturated heterocycles. The van der Waals surface area contributed by atoms with E-state index >= 15 is 0 Å². The summed E-state index contributed by atoms with van der Waals surface area (Å²) in [7, 11) is 0. The van der Waals surface area contributed by atoms with E-state index in [4.69, 9.17) is 4.52 Å². The monoisotopic (exact) mass is 270 g/mol. The summed E-state index contributed by atoms with van der Waals surface area (Å²) in [6, 6.07) is 11.7. The lowest BCUT2D eigenvalue weighted by atomic mass is 10.1. The van der Waals surface area contributed by atoms with E-state index in [0.717, 1.165) is 29.9 Å². The number of carbonyl (C=O) groups is 1. The van der Waals surface area contributed by atoms with Gasteiger partial charge in [0.05, 0.1) is 6.54 Å². The van der Waals surface area contributed by atoms with Crippen molar-refractivity contribution in [1.29, 1.82) is 0 Å². The lowest BCUT2D eigenvalue weighted by molar-refractivity contribution is -0.125. The Bertz CT molecular complexity index is 571. The van der Waals surface area contributed by atoms with Crippen molar-refractivity contribution in [1.82, 2.24) is 10.5 Å². The van der Waals surface area contributed by atoms with Gasteiger partial charge in [-0.3, -0.25) is 4.79 Å². The average molecular weight is 270 g/mol. The molecular weight excluding hydrogens is 252 g/mol. The van der Waals surface area contributed by atoms with Crippen molar-refractivity contribution in [2.45, 2.75) is 32.2 Å². The van der Waals surface area contributed by atoms with Crippen LogP contribution in [-0.2, 0) is 11.3 Å². The van der Waals surface area contributed by atoms with E-state index in [2.05, 4.69) is 10.5 Å². The van der Waals surface area contributed by atoms with E-state index in [1.807, 2.05) is 36.4 Å². The van der Waals surface area contributed by atoms with Gasteiger partial charge in [-0.2, -0.15) is 0 Å². The second-order valence-corrected chi connectivity index (χ2v) is 5.25. The van der Waals surface area contributed by atoms with Gasteiger partial charge in [0.1, 0.15) is 5.69 Å². The largest absolute Gasteiger partial charge is 0.356 e. The Labute approximate surface area is 118 Å². The molecule has 1 heterocycles. The number of nitrogens with one attached hydrogen (secondary N) is 1. The molecule has 1 aromatic carbocycles. The van der Waals surface area contributed by atoms with Crippen molar-refractivity contribution in [3.63, 3.8) is 0 Å². The molecule has 1 amide bonds. The molecule has 1 N–H and O–H groups in total. The molecule has 2 aromatic rings. The topological polar surface area (TPSA) is 55.1 Å². The van der Waals surface area contributed by atoms with Crippen LogP contribution >= 0.6 is 0 Å². The van der Waals surface area contributed by atoms with Crippen LogP contribution < -0.4 is 5.32 Å². The second kappa shape index (κ2) is 5.90. The van der Waals surface area contributed by atoms with Crippen LogP contribution in [-0.4, -0.2) is 11.1 Å². The Morgan fingerprint density at radius 2 is 2.00 bits per heavy atom. The van der Waals surface area contributed by atoms with Crippen molar-refractivity contribution in [3.05, 3.63) is 42.1 Å². The van der Waals surface area contributed by atoms with Gasteiger partial charge in [0.15, 0.2) is 5.76 Å². The highest BCUT2D eigenvalue weighted by Gasteiger charge is 2.22. The number of rotatable bonds is 4. The molecule has 4 nitrogen and oxygen atoms in total. The second-order valence-electron chi connectivity index (χ2n) is 5.25. The smallest absolute Gasteiger partial charge is 0.223 e. The van der Waals surface area contributed by atoms with Crippen molar-refractivity contribution in [2.24, 2.45) is 5.92 Å². The molecule has 0 bridgehead atoms. The van der Waals surface area contributed by atoms with Gasteiger partial charge in [-0.1, -0.05) is 48.3 Å². The van der Waals surface area contributed by atoms with Crippen LogP contribution in [0.4, 0.5) is 0 Å². The van der Waals surface area contributed by atoms with Gasteiger partial charge in [0, 0.05) is 17.5 Å². The molecule has 0 spiro atoms. The number of aromatic nitrogens is 1. The molecule has 0 radical (unpaired) electrons. The van der Waals surface area contributed by atoms with Crippen molar-refractivity contribution in [2.75, 3.05) is 0 Å². The van der Waals surface area contributed by atoms with Gasteiger partial charge in [0.25, 0.3) is 0 Å². The number of hydrogen-bond acceptors (Lipinski definition) is 3. The quantitative estimate of drug-likeness (QED) is 0.928. The Morgan fingerprint density at radius 1 is 1.25 bits per heavy atom. The lowest BCUT2D eigenvalue weighted by Gasteiger charge is -2.08. The highest BCUT2D eigenvalue weighted by Crippen LogP contribution is 2.25. The van der Waals surface area contributed by atoms with E-state index in [1.165, 1.54) is 12.8 Å². The number of nitrogens with zero attached hydrogens (tertiary/aromatic N) is 1. The highest BCUT2D eigenvalue weighted by atomic mass is 16.5. The van der Waals surface area contributed by atoms with E-state index in [1.54, 1.807) is 0 Å². The van der Waals surface area contributed by atoms with Crippen LogP contribution in [0.25, 0.3) is 11.3 Å². The molecule has 3 rings (SSSR count). The van der Waals surface area contributed by atoms with E-state index in [9.17, 15) is 4.79 Å². The van der Waals surface area contributed by atoms with Crippen molar-refractivity contribution >= 4 is 5.91 Å². The number of benzene rings is 1. The molecule has 0 aliphatic heterocycles. The van der Waals surface area contributed by atoms with Crippen LogP contribution in [0.15, 0.2) is 40.9 Å². The third-order valence-electron chi connectivity index (χ3n) is 3.79. The summed E-state index contributed by atoms with van der Waals surface area (Å²) in [4.78, 5) is 11.9. The summed E-state index contributed by atoms with van der Waals surface area (Å²) in [6.45, 7) is 0.436. The maximum Gasteiger partial charge on any atom is 0.223 e. The first kappa shape index (κ1) is 12.9. The Balaban J connectivity index is 1.59. The van der Waals surface area contributed by atoms with Crippen molar-refractivity contribution < 1.29 is 9.32 Å². The van der Waals surface area contributed by atoms with Crippen LogP contribution in [0.2, 0.25) is 0 Å². The minimum Gasteiger partial charge on any atom is -0.356 e. The average Bonchev–Trinajstić information content (AvgIpc) is 3.17. The molecule has 1 saturated carbocycles. The minimum atomic E-state index is 0.145. The van der Waals surface area contributed by atoms with E-state index < -0.39 is 0 Å². The first-order valence-corrected chi connectivity index (χ1v) is 7.11. The number of carbonyl (C=O) groups excluding carboxylic acids is 1. The first-order valence-electron chi connectivity index (χ1n) is 7.11. The Morgan fingerprint density at radius 3 is 2.75 bits per heavy atom. The minimum absolute atomic E-state index is 0.145. The van der Waals surface area contributed by atoms with Crippen molar-refractivity contribution in [3.8, 4) is 11.3 Å². The summed E-state index contributed by atoms with van der Waals surface area (Å²) in [6.07, 6.45) is 4.36. The summed E-state index contributed by atoms with van der Waals surface area (Å²) in [5, 5.41) is 6.95. The summed E-state index contributed by atoms with van der Waals surface area (Å²) >= 11 is 0. The van der Waals surface area contributed by atoms with Gasteiger partial charge in [0.2, 0.25) is 5.91 Å². The molecule has 1 aliphatic carbocycles. The first-order chi connectivity index (χ1) is 9.83. The fourth-order valence-corrected chi connectivity index (χ4v) is 2.64. The highest BCUT2D eigenvalue weighted by molar-refractivity contribution is 5.78. The molecule has 4 heteroatoms. The predicted molar refractivity (Wildman–Crippen MR) is 75.7 cm³/mol. The third kappa shape index (κ3) is 2.90. The zero-order valence-electron chi connectivity index (χ0n) is 11.3. The van der Waals surface area contributed by atoms with Gasteiger partial charge < -0.3 is 9.84 Å². The fourth-order valence-electron chi connectivity index (χ4n) is 2.64. The van der Waals surface area contributed by atoms with Crippen LogP contribution in [0, 0.1) is 5.92 Å². The molecular formula is C16H18N2O2. The van der Waals surface area contributed by atoms with Gasteiger partial charge in [-0.15, -0.1) is 0 Å². The Hall–Kier alpha value is -2.10. The number of amides is 1. The molecule has 104 valence electrons. The zero-order valence-corrected chi connectivity index (χ0v) is 11.3. The predicted octanol–water partition coefficient (Wildman–Crippen LogP) is 3.15. The maximum absolute atomic E-state index is 11.9. The van der Waals surface area contributed by atoms with Crippen LogP contribution in [0.5, 0.6) is 0 Å². The lowest BCUT2D eigenvalue weighted by Crippen LogP contribution is -2.28. The molecule has 1 aromatic heterocycles. The zero-order chi connectivity index (χ0) is 13.8. The molecule has 0 atom stereocenters. The SMILES string of the molecule is O=C(NCc1cc(-c2ccccc2)on1)C1CCCC1. The van der Waals surface area contributed by atoms with E-state index in [0.29, 0.717) is 6.54 Å². The van der Waals surface area contributed by atoms with Gasteiger partial charge in [-0.05, 0) is 12.8 Å². The molecule has 0 unspecified atom stereocenters. The van der Waals surface area contributed by atoms with Crippen LogP contribution in [0.3, 0.4) is 0 Å². The summed E-state index contributed by atoms with van der Waals surface area (Å²) in [5.74, 6) is 1.07. The number of hydrogen-bond donors (Lipinski definition) is 1. The maximum atomic E-state index is 11.9. The standard InChI is InChI=1S/C16H18N2O2/c19-16(13-8-4-5-9-13)17-11-14-10-15(20-18-14)12-6-2-1-3-7-12/h1-3,6-7,10,13H,4-5,8-9,11H2,(H,17,19). The van der Waals surface area contributed by atoms with Gasteiger partial charge >= 0.3 is 0 Å². The normalized spacial score (nSPS) is 15.4. The summed E-state index contributed by atoms with van der Waals surface area (Å²) < 4.78 is 5.31. The fraction of sp³-hybridized carbons (Fsp3) is 0.375. The van der Waals surface area contributed by atoms with Gasteiger partial charge in [-0.25, -0.2) is 0 Å². The molecule has 20 heavy (non-hydrogen) atoms. The van der Waals surface area contributed by atoms with E-state index in [-0.39, 0.29) is 11.8 Å².